The Morgan fingerprint density at radius 2 is 2.00 bits per heavy atom. The lowest BCUT2D eigenvalue weighted by Crippen LogP contribution is -2.48. The monoisotopic (exact) mass is 240 g/mol. The standard InChI is InChI=1S/C13H24N2O2/c16-10-6-12-3-1-2-9-15(12)13(17)11-4-7-14-8-5-11/h11-12,14,16H,1-10H2. The molecule has 0 aromatic carbocycles. The van der Waals surface area contributed by atoms with E-state index in [2.05, 4.69) is 10.2 Å². The number of amides is 1. The summed E-state index contributed by atoms with van der Waals surface area (Å²) in [6.45, 7) is 3.03. The van der Waals surface area contributed by atoms with Crippen molar-refractivity contribution in [3.05, 3.63) is 0 Å². The third kappa shape index (κ3) is 3.19. The number of piperidine rings is 2. The molecule has 2 N–H and O–H groups in total. The highest BCUT2D eigenvalue weighted by molar-refractivity contribution is 5.79. The molecule has 1 amide bonds. The zero-order chi connectivity index (χ0) is 12.1. The van der Waals surface area contributed by atoms with Crippen LogP contribution < -0.4 is 5.32 Å². The Bertz CT molecular complexity index is 250. The van der Waals surface area contributed by atoms with Crippen LogP contribution >= 0.6 is 0 Å². The van der Waals surface area contributed by atoms with Crippen LogP contribution in [0.3, 0.4) is 0 Å². The van der Waals surface area contributed by atoms with Crippen LogP contribution in [0.4, 0.5) is 0 Å². The summed E-state index contributed by atoms with van der Waals surface area (Å²) < 4.78 is 0. The van der Waals surface area contributed by atoms with Crippen molar-refractivity contribution < 1.29 is 9.90 Å². The van der Waals surface area contributed by atoms with Gasteiger partial charge >= 0.3 is 0 Å². The number of carbonyl (C=O) groups is 1. The van der Waals surface area contributed by atoms with Crippen LogP contribution in [-0.2, 0) is 4.79 Å². The van der Waals surface area contributed by atoms with Gasteiger partial charge in [-0.1, -0.05) is 0 Å². The van der Waals surface area contributed by atoms with Crippen molar-refractivity contribution in [2.75, 3.05) is 26.2 Å². The van der Waals surface area contributed by atoms with Crippen LogP contribution in [0.2, 0.25) is 0 Å². The number of hydrogen-bond donors (Lipinski definition) is 2. The van der Waals surface area contributed by atoms with E-state index >= 15 is 0 Å². The highest BCUT2D eigenvalue weighted by Gasteiger charge is 2.31. The van der Waals surface area contributed by atoms with Gasteiger partial charge in [-0.05, 0) is 51.6 Å². The smallest absolute Gasteiger partial charge is 0.226 e. The molecule has 0 aromatic heterocycles. The summed E-state index contributed by atoms with van der Waals surface area (Å²) in [6.07, 6.45) is 6.08. The zero-order valence-corrected chi connectivity index (χ0v) is 10.5. The molecule has 4 nitrogen and oxygen atoms in total. The molecule has 4 heteroatoms. The van der Waals surface area contributed by atoms with Crippen molar-refractivity contribution >= 4 is 5.91 Å². The first kappa shape index (κ1) is 12.8. The molecule has 2 fully saturated rings. The van der Waals surface area contributed by atoms with Crippen molar-refractivity contribution in [3.8, 4) is 0 Å². The summed E-state index contributed by atoms with van der Waals surface area (Å²) in [6, 6.07) is 0.288. The molecule has 2 aliphatic rings. The number of nitrogens with one attached hydrogen (secondary N) is 1. The summed E-state index contributed by atoms with van der Waals surface area (Å²) in [7, 11) is 0. The summed E-state index contributed by atoms with van der Waals surface area (Å²) in [5.41, 5.74) is 0. The molecule has 2 heterocycles. The Kier molecular flexibility index (Phi) is 4.80. The first-order chi connectivity index (χ1) is 8.33. The molecule has 17 heavy (non-hydrogen) atoms. The molecule has 1 unspecified atom stereocenters. The lowest BCUT2D eigenvalue weighted by atomic mass is 9.92. The molecule has 0 saturated carbocycles. The van der Waals surface area contributed by atoms with Gasteiger partial charge in [0.2, 0.25) is 5.91 Å². The van der Waals surface area contributed by atoms with Crippen LogP contribution in [0.1, 0.15) is 38.5 Å². The van der Waals surface area contributed by atoms with E-state index in [1.165, 1.54) is 6.42 Å². The van der Waals surface area contributed by atoms with Gasteiger partial charge in [0.15, 0.2) is 0 Å². The van der Waals surface area contributed by atoms with E-state index in [-0.39, 0.29) is 18.6 Å². The first-order valence-electron chi connectivity index (χ1n) is 6.95. The van der Waals surface area contributed by atoms with Crippen LogP contribution in [0, 0.1) is 5.92 Å². The largest absolute Gasteiger partial charge is 0.396 e. The second-order valence-corrected chi connectivity index (χ2v) is 5.22. The molecule has 1 atom stereocenters. The topological polar surface area (TPSA) is 52.6 Å². The number of hydrogen-bond acceptors (Lipinski definition) is 3. The maximum atomic E-state index is 12.5. The Labute approximate surface area is 103 Å². The number of likely N-dealkylation sites (tertiary alicyclic amines) is 1. The second kappa shape index (κ2) is 6.36. The van der Waals surface area contributed by atoms with Gasteiger partial charge in [-0.3, -0.25) is 4.79 Å². The van der Waals surface area contributed by atoms with E-state index in [9.17, 15) is 4.79 Å². The minimum Gasteiger partial charge on any atom is -0.396 e. The lowest BCUT2D eigenvalue weighted by Gasteiger charge is -2.38. The molecule has 0 bridgehead atoms. The summed E-state index contributed by atoms with van der Waals surface area (Å²) >= 11 is 0. The number of aliphatic hydroxyl groups excluding tert-OH is 1. The Morgan fingerprint density at radius 1 is 1.24 bits per heavy atom. The summed E-state index contributed by atoms with van der Waals surface area (Å²) in [5.74, 6) is 0.556. The average Bonchev–Trinajstić information content (AvgIpc) is 2.40. The van der Waals surface area contributed by atoms with Crippen molar-refractivity contribution in [1.29, 1.82) is 0 Å². The maximum absolute atomic E-state index is 12.5. The quantitative estimate of drug-likeness (QED) is 0.765. The zero-order valence-electron chi connectivity index (χ0n) is 10.5. The molecular formula is C13H24N2O2. The van der Waals surface area contributed by atoms with E-state index in [0.29, 0.717) is 5.91 Å². The van der Waals surface area contributed by atoms with Crippen molar-refractivity contribution in [2.24, 2.45) is 5.92 Å². The van der Waals surface area contributed by atoms with Crippen LogP contribution in [0.25, 0.3) is 0 Å². The third-order valence-corrected chi connectivity index (χ3v) is 4.06. The predicted octanol–water partition coefficient (Wildman–Crippen LogP) is 0.749. The van der Waals surface area contributed by atoms with Gasteiger partial charge in [-0.15, -0.1) is 0 Å². The number of nitrogens with zero attached hydrogens (tertiary/aromatic N) is 1. The maximum Gasteiger partial charge on any atom is 0.226 e. The van der Waals surface area contributed by atoms with E-state index in [1.807, 2.05) is 0 Å². The van der Waals surface area contributed by atoms with Crippen molar-refractivity contribution in [1.82, 2.24) is 10.2 Å². The molecule has 0 aliphatic carbocycles. The minimum atomic E-state index is 0.195. The van der Waals surface area contributed by atoms with Gasteiger partial charge < -0.3 is 15.3 Å². The van der Waals surface area contributed by atoms with Crippen LogP contribution in [-0.4, -0.2) is 48.2 Å². The van der Waals surface area contributed by atoms with Gasteiger partial charge in [0.25, 0.3) is 0 Å². The summed E-state index contributed by atoms with van der Waals surface area (Å²) in [5, 5.41) is 12.4. The third-order valence-electron chi connectivity index (χ3n) is 4.06. The van der Waals surface area contributed by atoms with E-state index in [0.717, 1.165) is 51.7 Å². The molecular weight excluding hydrogens is 216 g/mol. The SMILES string of the molecule is O=C(C1CCNCC1)N1CCCCC1CCO. The molecule has 2 saturated heterocycles. The minimum absolute atomic E-state index is 0.195. The van der Waals surface area contributed by atoms with Crippen LogP contribution in [0.5, 0.6) is 0 Å². The molecule has 98 valence electrons. The fourth-order valence-electron chi connectivity index (χ4n) is 3.04. The normalized spacial score (nSPS) is 27.1. The van der Waals surface area contributed by atoms with Gasteiger partial charge in [0, 0.05) is 25.1 Å². The lowest BCUT2D eigenvalue weighted by molar-refractivity contribution is -0.140. The highest BCUT2D eigenvalue weighted by atomic mass is 16.3. The molecule has 0 spiro atoms. The van der Waals surface area contributed by atoms with Crippen LogP contribution in [0.15, 0.2) is 0 Å². The van der Waals surface area contributed by atoms with Crippen molar-refractivity contribution in [2.45, 2.75) is 44.6 Å². The van der Waals surface area contributed by atoms with Crippen molar-refractivity contribution in [3.63, 3.8) is 0 Å². The Morgan fingerprint density at radius 3 is 2.71 bits per heavy atom. The van der Waals surface area contributed by atoms with Gasteiger partial charge in [-0.25, -0.2) is 0 Å². The number of rotatable bonds is 3. The fourth-order valence-corrected chi connectivity index (χ4v) is 3.04. The van der Waals surface area contributed by atoms with E-state index in [1.54, 1.807) is 0 Å². The number of aliphatic hydroxyl groups is 1. The van der Waals surface area contributed by atoms with Gasteiger partial charge in [-0.2, -0.15) is 0 Å². The van der Waals surface area contributed by atoms with E-state index < -0.39 is 0 Å². The average molecular weight is 240 g/mol. The van der Waals surface area contributed by atoms with Gasteiger partial charge in [0.1, 0.15) is 0 Å². The molecule has 0 radical (unpaired) electrons. The Hall–Kier alpha value is -0.610. The number of carbonyl (C=O) groups excluding carboxylic acids is 1. The predicted molar refractivity (Wildman–Crippen MR) is 66.6 cm³/mol. The van der Waals surface area contributed by atoms with E-state index in [4.69, 9.17) is 5.11 Å². The van der Waals surface area contributed by atoms with Gasteiger partial charge in [0.05, 0.1) is 0 Å². The second-order valence-electron chi connectivity index (χ2n) is 5.22. The first-order valence-corrected chi connectivity index (χ1v) is 6.95. The molecule has 0 aromatic rings. The highest BCUT2D eigenvalue weighted by Crippen LogP contribution is 2.24. The molecule has 2 rings (SSSR count). The molecule has 2 aliphatic heterocycles. The Balaban J connectivity index is 1.94. The fraction of sp³-hybridized carbons (Fsp3) is 0.923. The summed E-state index contributed by atoms with van der Waals surface area (Å²) in [4.78, 5) is 14.5.